The number of hydrogen-bond acceptors (Lipinski definition) is 2. The third-order valence-corrected chi connectivity index (χ3v) is 11.4. The summed E-state index contributed by atoms with van der Waals surface area (Å²) in [5.74, 6) is 3.45. The van der Waals surface area contributed by atoms with Gasteiger partial charge in [0.2, 0.25) is 5.91 Å². The van der Waals surface area contributed by atoms with Crippen LogP contribution in [0.2, 0.25) is 0 Å². The van der Waals surface area contributed by atoms with Crippen LogP contribution in [0, 0.1) is 51.8 Å². The molecule has 0 radical (unpaired) electrons. The minimum atomic E-state index is -0.476. The monoisotopic (exact) mass is 413 g/mol. The van der Waals surface area contributed by atoms with Crippen LogP contribution in [0.25, 0.3) is 0 Å². The second-order valence-corrected chi connectivity index (χ2v) is 12.9. The van der Waals surface area contributed by atoms with Crippen LogP contribution in [-0.2, 0) is 9.59 Å². The number of carboxylic acids is 1. The highest BCUT2D eigenvalue weighted by Crippen LogP contribution is 2.77. The highest BCUT2D eigenvalue weighted by molar-refractivity contribution is 5.78. The van der Waals surface area contributed by atoms with Crippen LogP contribution in [0.5, 0.6) is 0 Å². The summed E-state index contributed by atoms with van der Waals surface area (Å²) in [6.45, 7) is 0. The van der Waals surface area contributed by atoms with Crippen LogP contribution in [0.3, 0.4) is 0 Å². The summed E-state index contributed by atoms with van der Waals surface area (Å²) in [4.78, 5) is 27.3. The molecule has 6 aliphatic carbocycles. The van der Waals surface area contributed by atoms with E-state index >= 15 is 0 Å². The van der Waals surface area contributed by atoms with Crippen LogP contribution in [0.15, 0.2) is 0 Å². The number of carbonyl (C=O) groups is 2. The maximum Gasteiger partial charge on any atom is 0.309 e. The topological polar surface area (TPSA) is 57.6 Å². The van der Waals surface area contributed by atoms with Gasteiger partial charge in [-0.1, -0.05) is 12.8 Å². The Balaban J connectivity index is 1.35. The molecule has 0 spiro atoms. The van der Waals surface area contributed by atoms with Gasteiger partial charge in [-0.2, -0.15) is 0 Å². The standard InChI is InChI=1S/C26H39NO3/c1-27(2)22(28)18-6-17-7-19-12-24(11-17,13-20(19)9-18)25-10-16-4-3-5-26(15-25,23(29)30)21(8-16)14-25/h16-21H,3-15H2,1-2H3,(H,29,30). The van der Waals surface area contributed by atoms with E-state index in [0.717, 1.165) is 43.9 Å². The van der Waals surface area contributed by atoms with Crippen molar-refractivity contribution in [3.05, 3.63) is 0 Å². The molecule has 6 saturated carbocycles. The highest BCUT2D eigenvalue weighted by atomic mass is 16.4. The summed E-state index contributed by atoms with van der Waals surface area (Å²) >= 11 is 0. The molecule has 0 heterocycles. The van der Waals surface area contributed by atoms with Crippen LogP contribution in [0.1, 0.15) is 83.5 Å². The van der Waals surface area contributed by atoms with Crippen molar-refractivity contribution in [2.75, 3.05) is 14.1 Å². The molecule has 9 atom stereocenters. The minimum Gasteiger partial charge on any atom is -0.481 e. The Morgan fingerprint density at radius 3 is 2.33 bits per heavy atom. The number of fused-ring (bicyclic) bond motifs is 5. The summed E-state index contributed by atoms with van der Waals surface area (Å²) in [5.41, 5.74) is 0.236. The lowest BCUT2D eigenvalue weighted by Crippen LogP contribution is -2.46. The second kappa shape index (κ2) is 6.25. The van der Waals surface area contributed by atoms with E-state index in [4.69, 9.17) is 0 Å². The van der Waals surface area contributed by atoms with Crippen LogP contribution >= 0.6 is 0 Å². The fourth-order valence-electron chi connectivity index (χ4n) is 10.6. The number of carbonyl (C=O) groups excluding carboxylic acids is 1. The first kappa shape index (κ1) is 19.6. The molecule has 0 aromatic rings. The second-order valence-electron chi connectivity index (χ2n) is 12.9. The highest BCUT2D eigenvalue weighted by Gasteiger charge is 2.71. The SMILES string of the molecule is CN(C)C(=O)C1CC2CC3CC(C45CC6CCCC(C(=O)O)(C4)C(C6)C5)(C2)CC3C1. The van der Waals surface area contributed by atoms with E-state index in [1.807, 2.05) is 19.0 Å². The smallest absolute Gasteiger partial charge is 0.309 e. The van der Waals surface area contributed by atoms with E-state index in [9.17, 15) is 14.7 Å². The lowest BCUT2D eigenvalue weighted by molar-refractivity contribution is -0.152. The molecule has 6 fully saturated rings. The molecule has 6 rings (SSSR count). The van der Waals surface area contributed by atoms with E-state index in [0.29, 0.717) is 29.1 Å². The molecule has 9 unspecified atom stereocenters. The molecule has 1 amide bonds. The van der Waals surface area contributed by atoms with Crippen molar-refractivity contribution < 1.29 is 14.7 Å². The van der Waals surface area contributed by atoms with Crippen molar-refractivity contribution in [3.63, 3.8) is 0 Å². The van der Waals surface area contributed by atoms with Gasteiger partial charge >= 0.3 is 5.97 Å². The number of hydrogen-bond donors (Lipinski definition) is 1. The Hall–Kier alpha value is -1.06. The van der Waals surface area contributed by atoms with Gasteiger partial charge in [0.25, 0.3) is 0 Å². The van der Waals surface area contributed by atoms with Gasteiger partial charge in [0.05, 0.1) is 5.41 Å². The van der Waals surface area contributed by atoms with Gasteiger partial charge in [-0.3, -0.25) is 9.59 Å². The Labute approximate surface area is 181 Å². The first-order valence-electron chi connectivity index (χ1n) is 12.7. The average molecular weight is 414 g/mol. The minimum absolute atomic E-state index is 0.223. The Bertz CT molecular complexity index is 774. The summed E-state index contributed by atoms with van der Waals surface area (Å²) in [7, 11) is 3.82. The molecule has 6 bridgehead atoms. The fraction of sp³-hybridized carbons (Fsp3) is 0.923. The molecule has 0 aromatic heterocycles. The molecule has 4 nitrogen and oxygen atoms in total. The van der Waals surface area contributed by atoms with Gasteiger partial charge in [-0.05, 0) is 111 Å². The number of aliphatic carboxylic acids is 1. The predicted molar refractivity (Wildman–Crippen MR) is 115 cm³/mol. The number of amides is 1. The van der Waals surface area contributed by atoms with E-state index < -0.39 is 11.4 Å². The molecule has 1 N–H and O–H groups in total. The van der Waals surface area contributed by atoms with Crippen molar-refractivity contribution in [2.24, 2.45) is 51.8 Å². The first-order chi connectivity index (χ1) is 14.3. The molecule has 0 saturated heterocycles. The van der Waals surface area contributed by atoms with Crippen LogP contribution in [-0.4, -0.2) is 36.0 Å². The lowest BCUT2D eigenvalue weighted by atomic mass is 9.50. The Morgan fingerprint density at radius 1 is 0.867 bits per heavy atom. The number of rotatable bonds is 3. The molecule has 166 valence electrons. The van der Waals surface area contributed by atoms with Crippen molar-refractivity contribution in [3.8, 4) is 0 Å². The van der Waals surface area contributed by atoms with E-state index in [-0.39, 0.29) is 11.3 Å². The fourth-order valence-corrected chi connectivity index (χ4v) is 10.6. The molecule has 0 aromatic carbocycles. The van der Waals surface area contributed by atoms with Gasteiger partial charge in [-0.25, -0.2) is 0 Å². The van der Waals surface area contributed by atoms with Crippen molar-refractivity contribution >= 4 is 11.9 Å². The Kier molecular flexibility index (Phi) is 4.09. The normalized spacial score (nSPS) is 53.4. The quantitative estimate of drug-likeness (QED) is 0.711. The summed E-state index contributed by atoms with van der Waals surface area (Å²) in [6, 6.07) is 0. The van der Waals surface area contributed by atoms with Gasteiger partial charge in [-0.15, -0.1) is 0 Å². The zero-order valence-electron chi connectivity index (χ0n) is 18.9. The van der Waals surface area contributed by atoms with Crippen molar-refractivity contribution in [1.29, 1.82) is 0 Å². The Morgan fingerprint density at radius 2 is 1.60 bits per heavy atom. The van der Waals surface area contributed by atoms with Gasteiger partial charge in [0, 0.05) is 20.0 Å². The van der Waals surface area contributed by atoms with Gasteiger partial charge in [0.15, 0.2) is 0 Å². The van der Waals surface area contributed by atoms with E-state index in [1.54, 1.807) is 0 Å². The molecular formula is C26H39NO3. The molecular weight excluding hydrogens is 374 g/mol. The third kappa shape index (κ3) is 2.45. The van der Waals surface area contributed by atoms with Crippen molar-refractivity contribution in [2.45, 2.75) is 83.5 Å². The summed E-state index contributed by atoms with van der Waals surface area (Å²) in [6.07, 6.45) is 15.4. The maximum absolute atomic E-state index is 12.8. The maximum atomic E-state index is 12.8. The average Bonchev–Trinajstić information content (AvgIpc) is 2.97. The predicted octanol–water partition coefficient (Wildman–Crippen LogP) is 4.97. The van der Waals surface area contributed by atoms with E-state index in [2.05, 4.69) is 0 Å². The number of carboxylic acid groups (broad SMARTS) is 1. The summed E-state index contributed by atoms with van der Waals surface area (Å²) in [5, 5.41) is 10.4. The molecule has 4 heteroatoms. The first-order valence-corrected chi connectivity index (χ1v) is 12.7. The molecule has 6 aliphatic rings. The van der Waals surface area contributed by atoms with Crippen LogP contribution < -0.4 is 0 Å². The zero-order valence-corrected chi connectivity index (χ0v) is 18.9. The van der Waals surface area contributed by atoms with Crippen molar-refractivity contribution in [1.82, 2.24) is 4.90 Å². The van der Waals surface area contributed by atoms with Gasteiger partial charge in [0.1, 0.15) is 0 Å². The lowest BCUT2D eigenvalue weighted by Gasteiger charge is -2.55. The number of nitrogens with zero attached hydrogens (tertiary/aromatic N) is 1. The van der Waals surface area contributed by atoms with E-state index in [1.165, 1.54) is 51.4 Å². The molecule has 0 aliphatic heterocycles. The molecule has 30 heavy (non-hydrogen) atoms. The third-order valence-electron chi connectivity index (χ3n) is 11.4. The summed E-state index contributed by atoms with van der Waals surface area (Å²) < 4.78 is 0. The van der Waals surface area contributed by atoms with Gasteiger partial charge < -0.3 is 10.0 Å². The zero-order chi connectivity index (χ0) is 20.9. The largest absolute Gasteiger partial charge is 0.481 e. The van der Waals surface area contributed by atoms with Crippen LogP contribution in [0.4, 0.5) is 0 Å².